The third-order valence-electron chi connectivity index (χ3n) is 3.82. The lowest BCUT2D eigenvalue weighted by atomic mass is 10.1. The molecule has 0 aliphatic heterocycles. The van der Waals surface area contributed by atoms with Gasteiger partial charge in [0.1, 0.15) is 6.61 Å². The van der Waals surface area contributed by atoms with Crippen LogP contribution in [0.5, 0.6) is 11.5 Å². The molecule has 0 aliphatic carbocycles. The Balaban J connectivity index is 2.09. The van der Waals surface area contributed by atoms with Crippen molar-refractivity contribution in [3.05, 3.63) is 58.1 Å². The molecule has 2 aromatic rings. The third-order valence-corrected chi connectivity index (χ3v) is 4.41. The maximum absolute atomic E-state index is 9.27. The molecule has 130 valence electrons. The van der Waals surface area contributed by atoms with E-state index in [0.29, 0.717) is 24.7 Å². The first-order valence-corrected chi connectivity index (χ1v) is 8.84. The zero-order chi connectivity index (χ0) is 17.4. The molecular formula is C19H24BrNO3. The van der Waals surface area contributed by atoms with Gasteiger partial charge in [0, 0.05) is 12.6 Å². The molecule has 2 rings (SSSR count). The summed E-state index contributed by atoms with van der Waals surface area (Å²) in [5, 5.41) is 12.6. The van der Waals surface area contributed by atoms with Crippen molar-refractivity contribution in [3.8, 4) is 11.5 Å². The maximum Gasteiger partial charge on any atom is 0.175 e. The lowest BCUT2D eigenvalue weighted by Gasteiger charge is -2.17. The van der Waals surface area contributed by atoms with Gasteiger partial charge < -0.3 is 19.9 Å². The van der Waals surface area contributed by atoms with E-state index in [9.17, 15) is 5.11 Å². The Bertz CT molecular complexity index is 630. The number of hydrogen-bond acceptors (Lipinski definition) is 4. The first-order valence-electron chi connectivity index (χ1n) is 8.05. The predicted octanol–water partition coefficient (Wildman–Crippen LogP) is 3.90. The number of halogens is 1. The van der Waals surface area contributed by atoms with Gasteiger partial charge in [-0.15, -0.1) is 0 Å². The molecule has 0 radical (unpaired) electrons. The highest BCUT2D eigenvalue weighted by molar-refractivity contribution is 9.10. The molecule has 24 heavy (non-hydrogen) atoms. The Labute approximate surface area is 151 Å². The monoisotopic (exact) mass is 393 g/mol. The third kappa shape index (κ3) is 5.23. The van der Waals surface area contributed by atoms with Crippen molar-refractivity contribution in [1.82, 2.24) is 5.32 Å². The van der Waals surface area contributed by atoms with E-state index in [1.54, 1.807) is 7.11 Å². The summed E-state index contributed by atoms with van der Waals surface area (Å²) in [6, 6.07) is 14.1. The number of rotatable bonds is 9. The highest BCUT2D eigenvalue weighted by atomic mass is 79.9. The molecule has 0 amide bonds. The second-order valence-corrected chi connectivity index (χ2v) is 6.41. The summed E-state index contributed by atoms with van der Waals surface area (Å²) in [6.07, 6.45) is 0.882. The van der Waals surface area contributed by atoms with Gasteiger partial charge in [-0.05, 0) is 45.6 Å². The van der Waals surface area contributed by atoms with Crippen molar-refractivity contribution in [2.75, 3.05) is 13.7 Å². The van der Waals surface area contributed by atoms with Crippen molar-refractivity contribution in [2.45, 2.75) is 32.5 Å². The Kier molecular flexibility index (Phi) is 7.56. The molecule has 0 fully saturated rings. The molecule has 2 aromatic carbocycles. The van der Waals surface area contributed by atoms with Crippen molar-refractivity contribution in [1.29, 1.82) is 0 Å². The van der Waals surface area contributed by atoms with Crippen LogP contribution in [0.15, 0.2) is 46.9 Å². The second-order valence-electron chi connectivity index (χ2n) is 5.55. The number of benzene rings is 2. The smallest absolute Gasteiger partial charge is 0.175 e. The van der Waals surface area contributed by atoms with E-state index >= 15 is 0 Å². The molecule has 0 aromatic heterocycles. The quantitative estimate of drug-likeness (QED) is 0.678. The van der Waals surface area contributed by atoms with Gasteiger partial charge in [-0.3, -0.25) is 0 Å². The average molecular weight is 394 g/mol. The van der Waals surface area contributed by atoms with Gasteiger partial charge in [-0.1, -0.05) is 37.3 Å². The largest absolute Gasteiger partial charge is 0.493 e. The van der Waals surface area contributed by atoms with E-state index in [-0.39, 0.29) is 12.6 Å². The summed E-state index contributed by atoms with van der Waals surface area (Å²) in [4.78, 5) is 0. The summed E-state index contributed by atoms with van der Waals surface area (Å²) in [5.74, 6) is 1.38. The van der Waals surface area contributed by atoms with Gasteiger partial charge >= 0.3 is 0 Å². The van der Waals surface area contributed by atoms with Crippen LogP contribution in [0, 0.1) is 0 Å². The summed E-state index contributed by atoms with van der Waals surface area (Å²) < 4.78 is 12.3. The minimum absolute atomic E-state index is 0.101. The number of nitrogens with one attached hydrogen (secondary N) is 1. The van der Waals surface area contributed by atoms with Crippen LogP contribution in [0.1, 0.15) is 24.5 Å². The van der Waals surface area contributed by atoms with Gasteiger partial charge in [0.15, 0.2) is 11.5 Å². The Morgan fingerprint density at radius 1 is 1.17 bits per heavy atom. The van der Waals surface area contributed by atoms with Gasteiger partial charge in [0.2, 0.25) is 0 Å². The molecule has 0 bridgehead atoms. The SMILES string of the molecule is CC[C@H](CO)NCc1cc(Br)c(OCc2ccccc2)c(OC)c1. The first-order chi connectivity index (χ1) is 11.7. The Hall–Kier alpha value is -1.56. The zero-order valence-corrected chi connectivity index (χ0v) is 15.7. The fourth-order valence-electron chi connectivity index (χ4n) is 2.35. The topological polar surface area (TPSA) is 50.7 Å². The highest BCUT2D eigenvalue weighted by Gasteiger charge is 2.13. The van der Waals surface area contributed by atoms with Crippen molar-refractivity contribution >= 4 is 15.9 Å². The van der Waals surface area contributed by atoms with Crippen LogP contribution in [-0.4, -0.2) is 24.9 Å². The first kappa shape index (κ1) is 18.8. The second kappa shape index (κ2) is 9.67. The molecule has 2 N–H and O–H groups in total. The molecule has 0 saturated heterocycles. The number of methoxy groups -OCH3 is 1. The lowest BCUT2D eigenvalue weighted by molar-refractivity contribution is 0.238. The van der Waals surface area contributed by atoms with E-state index in [1.807, 2.05) is 49.4 Å². The maximum atomic E-state index is 9.27. The summed E-state index contributed by atoms with van der Waals surface area (Å²) in [5.41, 5.74) is 2.17. The molecule has 1 atom stereocenters. The minimum Gasteiger partial charge on any atom is -0.493 e. The minimum atomic E-state index is 0.101. The number of aliphatic hydroxyl groups excluding tert-OH is 1. The van der Waals surface area contributed by atoms with Crippen LogP contribution < -0.4 is 14.8 Å². The van der Waals surface area contributed by atoms with Gasteiger partial charge in [0.05, 0.1) is 18.2 Å². The van der Waals surface area contributed by atoms with E-state index in [2.05, 4.69) is 21.2 Å². The fraction of sp³-hybridized carbons (Fsp3) is 0.368. The molecule has 5 heteroatoms. The normalized spacial score (nSPS) is 12.0. The molecule has 0 heterocycles. The molecule has 4 nitrogen and oxygen atoms in total. The van der Waals surface area contributed by atoms with E-state index in [1.165, 1.54) is 0 Å². The molecule has 0 spiro atoms. The van der Waals surface area contributed by atoms with Gasteiger partial charge in [0.25, 0.3) is 0 Å². The van der Waals surface area contributed by atoms with Crippen LogP contribution in [0.2, 0.25) is 0 Å². The van der Waals surface area contributed by atoms with Crippen LogP contribution in [-0.2, 0) is 13.2 Å². The van der Waals surface area contributed by atoms with Crippen LogP contribution in [0.25, 0.3) is 0 Å². The summed E-state index contributed by atoms with van der Waals surface area (Å²) in [6.45, 7) is 3.32. The van der Waals surface area contributed by atoms with Crippen molar-refractivity contribution in [2.24, 2.45) is 0 Å². The van der Waals surface area contributed by atoms with Crippen LogP contribution in [0.4, 0.5) is 0 Å². The molecular weight excluding hydrogens is 370 g/mol. The van der Waals surface area contributed by atoms with Crippen LogP contribution in [0.3, 0.4) is 0 Å². The average Bonchev–Trinajstić information content (AvgIpc) is 2.62. The van der Waals surface area contributed by atoms with Gasteiger partial charge in [-0.25, -0.2) is 0 Å². The fourth-order valence-corrected chi connectivity index (χ4v) is 2.95. The van der Waals surface area contributed by atoms with E-state index in [0.717, 1.165) is 22.0 Å². The zero-order valence-electron chi connectivity index (χ0n) is 14.1. The summed E-state index contributed by atoms with van der Waals surface area (Å²) in [7, 11) is 1.64. The number of aliphatic hydroxyl groups is 1. The van der Waals surface area contributed by atoms with E-state index < -0.39 is 0 Å². The number of ether oxygens (including phenoxy) is 2. The number of hydrogen-bond donors (Lipinski definition) is 2. The van der Waals surface area contributed by atoms with E-state index in [4.69, 9.17) is 9.47 Å². The van der Waals surface area contributed by atoms with Crippen molar-refractivity contribution in [3.63, 3.8) is 0 Å². The standard InChI is InChI=1S/C19H24BrNO3/c1-3-16(12-22)21-11-15-9-17(20)19(18(10-15)23-2)24-13-14-7-5-4-6-8-14/h4-10,16,21-22H,3,11-13H2,1-2H3/t16-/m1/s1. The molecule has 0 unspecified atom stereocenters. The van der Waals surface area contributed by atoms with Crippen LogP contribution >= 0.6 is 15.9 Å². The molecule has 0 saturated carbocycles. The molecule has 0 aliphatic rings. The predicted molar refractivity (Wildman–Crippen MR) is 99.5 cm³/mol. The Morgan fingerprint density at radius 3 is 2.54 bits per heavy atom. The van der Waals surface area contributed by atoms with Crippen molar-refractivity contribution < 1.29 is 14.6 Å². The Morgan fingerprint density at radius 2 is 1.92 bits per heavy atom. The van der Waals surface area contributed by atoms with Gasteiger partial charge in [-0.2, -0.15) is 0 Å². The lowest BCUT2D eigenvalue weighted by Crippen LogP contribution is -2.31. The summed E-state index contributed by atoms with van der Waals surface area (Å²) >= 11 is 3.57. The highest BCUT2D eigenvalue weighted by Crippen LogP contribution is 2.37.